The number of hydrogen-bond donors (Lipinski definition) is 3. The summed E-state index contributed by atoms with van der Waals surface area (Å²) in [5, 5.41) is 8.94. The van der Waals surface area contributed by atoms with Crippen LogP contribution in [0.2, 0.25) is 0 Å². The molecule has 1 aliphatic heterocycles. The van der Waals surface area contributed by atoms with Crippen molar-refractivity contribution in [2.24, 2.45) is 11.0 Å². The van der Waals surface area contributed by atoms with Crippen molar-refractivity contribution in [1.29, 1.82) is 0 Å². The molecule has 3 rings (SSSR count). The minimum atomic E-state index is -0.859. The summed E-state index contributed by atoms with van der Waals surface area (Å²) < 4.78 is 26.4. The average Bonchev–Trinajstić information content (AvgIpc) is 2.58. The van der Waals surface area contributed by atoms with E-state index in [1.54, 1.807) is 24.3 Å². The molecule has 0 bridgehead atoms. The molecule has 2 aromatic carbocycles. The summed E-state index contributed by atoms with van der Waals surface area (Å²) in [5.74, 6) is -1.71. The quantitative estimate of drug-likeness (QED) is 0.785. The number of nitrogens with one attached hydrogen (secondary N) is 3. The number of carbonyl (C=O) groups excluding carboxylic acids is 2. The number of amides is 3. The molecule has 0 radical (unpaired) electrons. The van der Waals surface area contributed by atoms with Crippen molar-refractivity contribution < 1.29 is 18.4 Å². The molecule has 2 aromatic rings. The van der Waals surface area contributed by atoms with Gasteiger partial charge in [0.25, 0.3) is 0 Å². The second-order valence-electron chi connectivity index (χ2n) is 5.92. The minimum Gasteiger partial charge on any atom is -0.308 e. The summed E-state index contributed by atoms with van der Waals surface area (Å²) >= 11 is 0. The lowest BCUT2D eigenvalue weighted by Crippen LogP contribution is -2.31. The van der Waals surface area contributed by atoms with Crippen LogP contribution in [-0.4, -0.2) is 17.6 Å². The molecule has 0 aliphatic carbocycles. The van der Waals surface area contributed by atoms with Crippen LogP contribution in [0.1, 0.15) is 18.9 Å². The summed E-state index contributed by atoms with van der Waals surface area (Å²) in [6, 6.07) is 9.10. The number of benzene rings is 2. The molecular formula is C18H16F2N4O2. The Labute approximate surface area is 148 Å². The largest absolute Gasteiger partial charge is 0.323 e. The smallest absolute Gasteiger partial charge is 0.308 e. The second-order valence-corrected chi connectivity index (χ2v) is 5.92. The van der Waals surface area contributed by atoms with Crippen molar-refractivity contribution in [3.63, 3.8) is 0 Å². The first-order valence-electron chi connectivity index (χ1n) is 7.92. The third-order valence-electron chi connectivity index (χ3n) is 3.88. The maximum atomic E-state index is 13.5. The van der Waals surface area contributed by atoms with Gasteiger partial charge in [-0.15, -0.1) is 0 Å². The number of nitrogens with zero attached hydrogens (tertiary/aromatic N) is 1. The maximum absolute atomic E-state index is 13.5. The van der Waals surface area contributed by atoms with Crippen LogP contribution in [0.25, 0.3) is 0 Å². The first-order valence-corrected chi connectivity index (χ1v) is 7.92. The van der Waals surface area contributed by atoms with Gasteiger partial charge in [0, 0.05) is 24.1 Å². The number of carbonyl (C=O) groups is 2. The Morgan fingerprint density at radius 2 is 1.88 bits per heavy atom. The van der Waals surface area contributed by atoms with E-state index in [0.717, 1.165) is 23.4 Å². The molecule has 3 amide bonds. The highest BCUT2D eigenvalue weighted by Gasteiger charge is 2.21. The zero-order chi connectivity index (χ0) is 18.7. The molecule has 1 unspecified atom stereocenters. The Hall–Kier alpha value is -3.29. The molecule has 0 fully saturated rings. The minimum absolute atomic E-state index is 0.00712. The molecule has 8 heteroatoms. The number of halogens is 2. The predicted molar refractivity (Wildman–Crippen MR) is 93.9 cm³/mol. The van der Waals surface area contributed by atoms with E-state index in [0.29, 0.717) is 18.2 Å². The van der Waals surface area contributed by atoms with Gasteiger partial charge >= 0.3 is 6.03 Å². The van der Waals surface area contributed by atoms with E-state index >= 15 is 0 Å². The SMILES string of the molecule is CC1CC(=O)NN=C1c1ccc(NC(=O)Nc2ccc(F)cc2F)cc1. The molecule has 1 atom stereocenters. The fraction of sp³-hybridized carbons (Fsp3) is 0.167. The highest BCUT2D eigenvalue weighted by atomic mass is 19.1. The van der Waals surface area contributed by atoms with Gasteiger partial charge in [-0.05, 0) is 29.8 Å². The topological polar surface area (TPSA) is 82.6 Å². The van der Waals surface area contributed by atoms with Gasteiger partial charge in [0.05, 0.1) is 11.4 Å². The van der Waals surface area contributed by atoms with Gasteiger partial charge < -0.3 is 10.6 Å². The molecule has 0 spiro atoms. The van der Waals surface area contributed by atoms with E-state index in [2.05, 4.69) is 21.2 Å². The average molecular weight is 358 g/mol. The molecule has 3 N–H and O–H groups in total. The Kier molecular flexibility index (Phi) is 4.92. The molecule has 0 aromatic heterocycles. The van der Waals surface area contributed by atoms with Gasteiger partial charge in [0.15, 0.2) is 0 Å². The Morgan fingerprint density at radius 1 is 1.15 bits per heavy atom. The number of rotatable bonds is 3. The summed E-state index contributed by atoms with van der Waals surface area (Å²) in [5.41, 5.74) is 4.40. The van der Waals surface area contributed by atoms with Crippen molar-refractivity contribution in [3.05, 3.63) is 59.7 Å². The third kappa shape index (κ3) is 4.02. The Morgan fingerprint density at radius 3 is 2.54 bits per heavy atom. The highest BCUT2D eigenvalue weighted by Crippen LogP contribution is 2.19. The van der Waals surface area contributed by atoms with Crippen LogP contribution in [0, 0.1) is 17.6 Å². The molecule has 1 heterocycles. The molecule has 26 heavy (non-hydrogen) atoms. The van der Waals surface area contributed by atoms with Crippen LogP contribution in [0.4, 0.5) is 25.0 Å². The number of hydrogen-bond acceptors (Lipinski definition) is 3. The first kappa shape index (κ1) is 17.5. The van der Waals surface area contributed by atoms with Gasteiger partial charge in [-0.3, -0.25) is 4.79 Å². The van der Waals surface area contributed by atoms with Gasteiger partial charge in [0.2, 0.25) is 5.91 Å². The predicted octanol–water partition coefficient (Wildman–Crippen LogP) is 3.47. The Bertz CT molecular complexity index is 881. The van der Waals surface area contributed by atoms with E-state index in [4.69, 9.17) is 0 Å². The molecule has 0 saturated heterocycles. The van der Waals surface area contributed by atoms with E-state index in [1.165, 1.54) is 0 Å². The third-order valence-corrected chi connectivity index (χ3v) is 3.88. The van der Waals surface area contributed by atoms with Gasteiger partial charge in [-0.25, -0.2) is 19.0 Å². The normalized spacial score (nSPS) is 16.5. The van der Waals surface area contributed by atoms with Crippen LogP contribution in [0.5, 0.6) is 0 Å². The Balaban J connectivity index is 1.65. The van der Waals surface area contributed by atoms with E-state index in [-0.39, 0.29) is 17.5 Å². The number of urea groups is 1. The van der Waals surface area contributed by atoms with E-state index in [9.17, 15) is 18.4 Å². The summed E-state index contributed by atoms with van der Waals surface area (Å²) in [4.78, 5) is 23.2. The van der Waals surface area contributed by atoms with Gasteiger partial charge in [-0.2, -0.15) is 5.10 Å². The van der Waals surface area contributed by atoms with Gasteiger partial charge in [-0.1, -0.05) is 19.1 Å². The molecule has 0 saturated carbocycles. The van der Waals surface area contributed by atoms with Crippen LogP contribution < -0.4 is 16.1 Å². The fourth-order valence-electron chi connectivity index (χ4n) is 2.60. The van der Waals surface area contributed by atoms with Crippen LogP contribution >= 0.6 is 0 Å². The van der Waals surface area contributed by atoms with E-state index < -0.39 is 17.7 Å². The second kappa shape index (κ2) is 7.30. The highest BCUT2D eigenvalue weighted by molar-refractivity contribution is 6.06. The van der Waals surface area contributed by atoms with E-state index in [1.807, 2.05) is 6.92 Å². The molecule has 1 aliphatic rings. The zero-order valence-electron chi connectivity index (χ0n) is 13.8. The van der Waals surface area contributed by atoms with Crippen molar-refractivity contribution in [2.75, 3.05) is 10.6 Å². The lowest BCUT2D eigenvalue weighted by molar-refractivity contribution is -0.121. The summed E-state index contributed by atoms with van der Waals surface area (Å²) in [6.07, 6.45) is 0.366. The van der Waals surface area contributed by atoms with Crippen LogP contribution in [-0.2, 0) is 4.79 Å². The van der Waals surface area contributed by atoms with Crippen LogP contribution in [0.3, 0.4) is 0 Å². The van der Waals surface area contributed by atoms with Crippen molar-refractivity contribution in [3.8, 4) is 0 Å². The molecular weight excluding hydrogens is 342 g/mol. The lowest BCUT2D eigenvalue weighted by Gasteiger charge is -2.19. The lowest BCUT2D eigenvalue weighted by atomic mass is 9.94. The van der Waals surface area contributed by atoms with Crippen LogP contribution in [0.15, 0.2) is 47.6 Å². The summed E-state index contributed by atoms with van der Waals surface area (Å²) in [7, 11) is 0. The van der Waals surface area contributed by atoms with Crippen molar-refractivity contribution in [1.82, 2.24) is 5.43 Å². The number of hydrazone groups is 1. The fourth-order valence-corrected chi connectivity index (χ4v) is 2.60. The standard InChI is InChI=1S/C18H16F2N4O2/c1-10-8-16(25)23-24-17(10)11-2-5-13(6-3-11)21-18(26)22-15-7-4-12(19)9-14(15)20/h2-7,9-10H,8H2,1H3,(H,23,25)(H2,21,22,26). The molecule has 134 valence electrons. The number of anilines is 2. The maximum Gasteiger partial charge on any atom is 0.323 e. The van der Waals surface area contributed by atoms with Crippen molar-refractivity contribution in [2.45, 2.75) is 13.3 Å². The molecule has 6 nitrogen and oxygen atoms in total. The van der Waals surface area contributed by atoms with Gasteiger partial charge in [0.1, 0.15) is 11.6 Å². The zero-order valence-corrected chi connectivity index (χ0v) is 13.8. The van der Waals surface area contributed by atoms with Crippen molar-refractivity contribution >= 4 is 29.0 Å². The first-order chi connectivity index (χ1) is 12.4. The monoisotopic (exact) mass is 358 g/mol. The summed E-state index contributed by atoms with van der Waals surface area (Å²) in [6.45, 7) is 1.91.